The first-order valence-corrected chi connectivity index (χ1v) is 7.86. The molecular weight excluding hydrogens is 316 g/mol. The van der Waals surface area contributed by atoms with Gasteiger partial charge in [-0.1, -0.05) is 6.08 Å². The number of carbonyl (C=O) groups is 3. The van der Waals surface area contributed by atoms with Gasteiger partial charge in [0.1, 0.15) is 17.2 Å². The zero-order chi connectivity index (χ0) is 18.3. The van der Waals surface area contributed by atoms with E-state index in [2.05, 4.69) is 11.9 Å². The first kappa shape index (κ1) is 18.3. The number of nitrogens with one attached hydrogen (secondary N) is 1. The average molecular weight is 340 g/mol. The Balaban J connectivity index is 2.11. The lowest BCUT2D eigenvalue weighted by Crippen LogP contribution is -2.53. The zero-order valence-electron chi connectivity index (χ0n) is 14.1. The number of nitrogens with zero attached hydrogens (tertiary/aromatic N) is 1. The molecule has 0 aromatic carbocycles. The van der Waals surface area contributed by atoms with E-state index in [1.165, 1.54) is 6.08 Å². The number of ether oxygens (including phenoxy) is 1. The zero-order valence-corrected chi connectivity index (χ0v) is 14.1. The molecule has 1 aliphatic heterocycles. The Morgan fingerprint density at radius 3 is 2.46 bits per heavy atom. The standard InChI is InChI=1S/C16H24N2O6/c1-5-9-7-16(9,13(21)22)17-12(20)11-6-10(19)8-18(11)14(23)24-15(2,3)4/h5,9-11,19H,1,6-8H2,2-4H3,(H,17,20)(H,21,22)/t9-,10+,11+,16-/m1/s1. The molecule has 2 amide bonds. The normalized spacial score (nSPS) is 32.2. The number of aliphatic hydroxyl groups excluding tert-OH is 1. The number of carbonyl (C=O) groups excluding carboxylic acids is 2. The summed E-state index contributed by atoms with van der Waals surface area (Å²) >= 11 is 0. The summed E-state index contributed by atoms with van der Waals surface area (Å²) in [6, 6.07) is -0.961. The van der Waals surface area contributed by atoms with Crippen molar-refractivity contribution in [2.45, 2.75) is 56.9 Å². The molecule has 1 heterocycles. The number of rotatable bonds is 4. The van der Waals surface area contributed by atoms with Crippen LogP contribution in [0.15, 0.2) is 12.7 Å². The minimum atomic E-state index is -1.37. The van der Waals surface area contributed by atoms with E-state index in [1.54, 1.807) is 20.8 Å². The van der Waals surface area contributed by atoms with Crippen LogP contribution in [0.4, 0.5) is 4.79 Å². The number of amides is 2. The van der Waals surface area contributed by atoms with Crippen LogP contribution >= 0.6 is 0 Å². The van der Waals surface area contributed by atoms with Crippen molar-refractivity contribution in [3.63, 3.8) is 0 Å². The van der Waals surface area contributed by atoms with Gasteiger partial charge in [-0.3, -0.25) is 9.69 Å². The largest absolute Gasteiger partial charge is 0.479 e. The van der Waals surface area contributed by atoms with E-state index in [4.69, 9.17) is 4.74 Å². The number of β-amino-alcohol motifs (C(OH)–C–C–N with tert-alkyl or cyclic N) is 1. The summed E-state index contributed by atoms with van der Waals surface area (Å²) in [5.74, 6) is -2.09. The average Bonchev–Trinajstić information content (AvgIpc) is 3.01. The number of carboxylic acids is 1. The fourth-order valence-corrected chi connectivity index (χ4v) is 2.90. The first-order valence-electron chi connectivity index (χ1n) is 7.86. The number of aliphatic hydroxyl groups is 1. The predicted octanol–water partition coefficient (Wildman–Crippen LogP) is 0.502. The Labute approximate surface area is 140 Å². The molecule has 2 fully saturated rings. The number of hydrogen-bond acceptors (Lipinski definition) is 5. The lowest BCUT2D eigenvalue weighted by Gasteiger charge is -2.28. The second kappa shape index (κ2) is 6.08. The third-order valence-corrected chi connectivity index (χ3v) is 4.24. The van der Waals surface area contributed by atoms with Crippen LogP contribution in [-0.2, 0) is 14.3 Å². The van der Waals surface area contributed by atoms with Crippen LogP contribution in [0.2, 0.25) is 0 Å². The summed E-state index contributed by atoms with van der Waals surface area (Å²) in [7, 11) is 0. The van der Waals surface area contributed by atoms with Crippen LogP contribution in [0, 0.1) is 5.92 Å². The van der Waals surface area contributed by atoms with E-state index in [0.717, 1.165) is 4.90 Å². The monoisotopic (exact) mass is 340 g/mol. The second-order valence-corrected chi connectivity index (χ2v) is 7.35. The molecule has 3 N–H and O–H groups in total. The van der Waals surface area contributed by atoms with Crippen LogP contribution in [0.1, 0.15) is 33.6 Å². The first-order chi connectivity index (χ1) is 11.0. The Bertz CT molecular complexity index is 569. The Kier molecular flexibility index (Phi) is 4.63. The van der Waals surface area contributed by atoms with Gasteiger partial charge >= 0.3 is 12.1 Å². The van der Waals surface area contributed by atoms with E-state index in [-0.39, 0.29) is 25.3 Å². The highest BCUT2D eigenvalue weighted by Gasteiger charge is 2.61. The summed E-state index contributed by atoms with van der Waals surface area (Å²) in [5.41, 5.74) is -2.11. The lowest BCUT2D eigenvalue weighted by molar-refractivity contribution is -0.144. The molecule has 0 aromatic rings. The molecule has 0 bridgehead atoms. The molecule has 8 nitrogen and oxygen atoms in total. The Morgan fingerprint density at radius 2 is 2.00 bits per heavy atom. The van der Waals surface area contributed by atoms with E-state index in [9.17, 15) is 24.6 Å². The molecule has 8 heteroatoms. The van der Waals surface area contributed by atoms with Gasteiger partial charge in [0.2, 0.25) is 5.91 Å². The van der Waals surface area contributed by atoms with E-state index >= 15 is 0 Å². The molecule has 0 spiro atoms. The van der Waals surface area contributed by atoms with Gasteiger partial charge in [0.05, 0.1) is 12.6 Å². The van der Waals surface area contributed by atoms with Crippen molar-refractivity contribution < 1.29 is 29.3 Å². The Morgan fingerprint density at radius 1 is 1.38 bits per heavy atom. The molecule has 2 rings (SSSR count). The van der Waals surface area contributed by atoms with Crippen molar-refractivity contribution in [1.29, 1.82) is 0 Å². The highest BCUT2D eigenvalue weighted by molar-refractivity contribution is 5.94. The van der Waals surface area contributed by atoms with Gasteiger partial charge in [0.15, 0.2) is 0 Å². The van der Waals surface area contributed by atoms with Gasteiger partial charge < -0.3 is 20.3 Å². The van der Waals surface area contributed by atoms with Crippen LogP contribution in [0.25, 0.3) is 0 Å². The highest BCUT2D eigenvalue weighted by Crippen LogP contribution is 2.44. The van der Waals surface area contributed by atoms with Crippen LogP contribution < -0.4 is 5.32 Å². The maximum absolute atomic E-state index is 12.5. The third kappa shape index (κ3) is 3.53. The lowest BCUT2D eigenvalue weighted by atomic mass is 10.1. The van der Waals surface area contributed by atoms with Gasteiger partial charge in [-0.25, -0.2) is 9.59 Å². The van der Waals surface area contributed by atoms with Crippen LogP contribution in [0.5, 0.6) is 0 Å². The van der Waals surface area contributed by atoms with E-state index in [1.807, 2.05) is 0 Å². The van der Waals surface area contributed by atoms with Crippen LogP contribution in [0.3, 0.4) is 0 Å². The topological polar surface area (TPSA) is 116 Å². The molecule has 0 unspecified atom stereocenters. The quantitative estimate of drug-likeness (QED) is 0.642. The molecular formula is C16H24N2O6. The molecule has 134 valence electrons. The van der Waals surface area contributed by atoms with E-state index in [0.29, 0.717) is 0 Å². The smallest absolute Gasteiger partial charge is 0.411 e. The van der Waals surface area contributed by atoms with Gasteiger partial charge in [-0.2, -0.15) is 0 Å². The van der Waals surface area contributed by atoms with Crippen molar-refractivity contribution in [3.05, 3.63) is 12.7 Å². The van der Waals surface area contributed by atoms with Crippen molar-refractivity contribution in [2.75, 3.05) is 6.54 Å². The molecule has 24 heavy (non-hydrogen) atoms. The van der Waals surface area contributed by atoms with Crippen molar-refractivity contribution in [2.24, 2.45) is 5.92 Å². The number of hydrogen-bond donors (Lipinski definition) is 3. The number of likely N-dealkylation sites (tertiary alicyclic amines) is 1. The SMILES string of the molecule is C=C[C@@H]1C[C@]1(NC(=O)[C@@H]1C[C@H](O)CN1C(=O)OC(C)(C)C)C(=O)O. The van der Waals surface area contributed by atoms with Gasteiger partial charge in [0.25, 0.3) is 0 Å². The van der Waals surface area contributed by atoms with Crippen molar-refractivity contribution in [3.8, 4) is 0 Å². The summed E-state index contributed by atoms with van der Waals surface area (Å²) < 4.78 is 5.25. The molecule has 0 radical (unpaired) electrons. The second-order valence-electron chi connectivity index (χ2n) is 7.35. The number of carboxylic acid groups (broad SMARTS) is 1. The summed E-state index contributed by atoms with van der Waals surface area (Å²) in [5, 5.41) is 21.7. The number of aliphatic carboxylic acids is 1. The fourth-order valence-electron chi connectivity index (χ4n) is 2.90. The maximum Gasteiger partial charge on any atom is 0.411 e. The summed E-state index contributed by atoms with van der Waals surface area (Å²) in [4.78, 5) is 37.4. The van der Waals surface area contributed by atoms with Crippen molar-refractivity contribution in [1.82, 2.24) is 10.2 Å². The Hall–Kier alpha value is -2.09. The highest BCUT2D eigenvalue weighted by atomic mass is 16.6. The molecule has 0 aromatic heterocycles. The fraction of sp³-hybridized carbons (Fsp3) is 0.688. The molecule has 1 aliphatic carbocycles. The van der Waals surface area contributed by atoms with Gasteiger partial charge in [0, 0.05) is 12.3 Å². The summed E-state index contributed by atoms with van der Waals surface area (Å²) in [6.07, 6.45) is 0.227. The minimum Gasteiger partial charge on any atom is -0.479 e. The summed E-state index contributed by atoms with van der Waals surface area (Å²) in [6.45, 7) is 8.63. The predicted molar refractivity (Wildman–Crippen MR) is 84.2 cm³/mol. The molecule has 4 atom stereocenters. The molecule has 1 saturated heterocycles. The molecule has 1 saturated carbocycles. The van der Waals surface area contributed by atoms with Gasteiger partial charge in [-0.05, 0) is 27.2 Å². The maximum atomic E-state index is 12.5. The van der Waals surface area contributed by atoms with Crippen molar-refractivity contribution >= 4 is 18.0 Å². The molecule has 2 aliphatic rings. The van der Waals surface area contributed by atoms with E-state index < -0.39 is 41.3 Å². The van der Waals surface area contributed by atoms with Gasteiger partial charge in [-0.15, -0.1) is 6.58 Å². The minimum absolute atomic E-state index is 0.0298. The third-order valence-electron chi connectivity index (χ3n) is 4.24. The van der Waals surface area contributed by atoms with Crippen LogP contribution in [-0.4, -0.2) is 62.9 Å².